The Morgan fingerprint density at radius 3 is 2.50 bits per heavy atom. The van der Waals surface area contributed by atoms with Crippen molar-refractivity contribution in [1.82, 2.24) is 9.80 Å². The molecule has 1 unspecified atom stereocenters. The molecule has 0 bridgehead atoms. The SMILES string of the molecule is CC(C)N1CCC(CN(C)C(=O)OC(C)(C)C)C1. The van der Waals surface area contributed by atoms with E-state index in [0.717, 1.165) is 19.6 Å². The lowest BCUT2D eigenvalue weighted by Crippen LogP contribution is -2.38. The summed E-state index contributed by atoms with van der Waals surface area (Å²) < 4.78 is 5.36. The Bertz CT molecular complexity index is 284. The minimum absolute atomic E-state index is 0.217. The summed E-state index contributed by atoms with van der Waals surface area (Å²) in [4.78, 5) is 16.0. The fourth-order valence-electron chi connectivity index (χ4n) is 2.28. The third-order valence-corrected chi connectivity index (χ3v) is 3.28. The zero-order valence-corrected chi connectivity index (χ0v) is 12.7. The number of nitrogens with zero attached hydrogens (tertiary/aromatic N) is 2. The van der Waals surface area contributed by atoms with Crippen LogP contribution in [0.3, 0.4) is 0 Å². The van der Waals surface area contributed by atoms with Crippen LogP contribution in [0.25, 0.3) is 0 Å². The molecule has 0 aliphatic carbocycles. The van der Waals surface area contributed by atoms with Crippen molar-refractivity contribution in [2.45, 2.75) is 52.7 Å². The minimum atomic E-state index is -0.412. The maximum atomic E-state index is 11.9. The van der Waals surface area contributed by atoms with Crippen LogP contribution in [-0.2, 0) is 4.74 Å². The van der Waals surface area contributed by atoms with Gasteiger partial charge in [0.15, 0.2) is 0 Å². The highest BCUT2D eigenvalue weighted by molar-refractivity contribution is 5.67. The Morgan fingerprint density at radius 2 is 2.06 bits per heavy atom. The topological polar surface area (TPSA) is 32.8 Å². The fourth-order valence-corrected chi connectivity index (χ4v) is 2.28. The average molecular weight is 256 g/mol. The minimum Gasteiger partial charge on any atom is -0.444 e. The van der Waals surface area contributed by atoms with Crippen molar-refractivity contribution in [3.63, 3.8) is 0 Å². The van der Waals surface area contributed by atoms with Gasteiger partial charge in [0.2, 0.25) is 0 Å². The van der Waals surface area contributed by atoms with Crippen LogP contribution in [0.1, 0.15) is 41.0 Å². The molecule has 1 fully saturated rings. The van der Waals surface area contributed by atoms with E-state index < -0.39 is 5.60 Å². The highest BCUT2D eigenvalue weighted by atomic mass is 16.6. The molecule has 1 rings (SSSR count). The molecule has 1 aliphatic heterocycles. The van der Waals surface area contributed by atoms with E-state index in [0.29, 0.717) is 12.0 Å². The zero-order chi connectivity index (χ0) is 13.9. The van der Waals surface area contributed by atoms with Crippen molar-refractivity contribution < 1.29 is 9.53 Å². The summed E-state index contributed by atoms with van der Waals surface area (Å²) in [6.07, 6.45) is 0.955. The Hall–Kier alpha value is -0.770. The number of carbonyl (C=O) groups excluding carboxylic acids is 1. The summed E-state index contributed by atoms with van der Waals surface area (Å²) >= 11 is 0. The van der Waals surface area contributed by atoms with Gasteiger partial charge in [-0.2, -0.15) is 0 Å². The summed E-state index contributed by atoms with van der Waals surface area (Å²) in [5.74, 6) is 0.574. The van der Waals surface area contributed by atoms with Crippen LogP contribution in [0, 0.1) is 5.92 Å². The van der Waals surface area contributed by atoms with Gasteiger partial charge in [-0.1, -0.05) is 0 Å². The molecule has 0 aromatic heterocycles. The second kappa shape index (κ2) is 5.91. The van der Waals surface area contributed by atoms with Crippen molar-refractivity contribution in [3.05, 3.63) is 0 Å². The highest BCUT2D eigenvalue weighted by Gasteiger charge is 2.27. The molecule has 1 atom stereocenters. The largest absolute Gasteiger partial charge is 0.444 e. The molecule has 106 valence electrons. The third-order valence-electron chi connectivity index (χ3n) is 3.28. The molecule has 0 radical (unpaired) electrons. The molecular weight excluding hydrogens is 228 g/mol. The van der Waals surface area contributed by atoms with Crippen molar-refractivity contribution in [2.24, 2.45) is 5.92 Å². The van der Waals surface area contributed by atoms with Gasteiger partial charge in [-0.05, 0) is 53.5 Å². The van der Waals surface area contributed by atoms with E-state index in [4.69, 9.17) is 4.74 Å². The molecule has 0 aromatic rings. The molecule has 0 aromatic carbocycles. The Labute approximate surface area is 111 Å². The Morgan fingerprint density at radius 1 is 1.44 bits per heavy atom. The van der Waals surface area contributed by atoms with Gasteiger partial charge in [0.1, 0.15) is 5.60 Å². The van der Waals surface area contributed by atoms with Crippen molar-refractivity contribution >= 4 is 6.09 Å². The number of ether oxygens (including phenoxy) is 1. The molecular formula is C14H28N2O2. The van der Waals surface area contributed by atoms with E-state index in [1.165, 1.54) is 6.42 Å². The van der Waals surface area contributed by atoms with Crippen LogP contribution in [0.2, 0.25) is 0 Å². The maximum absolute atomic E-state index is 11.9. The molecule has 1 heterocycles. The number of likely N-dealkylation sites (tertiary alicyclic amines) is 1. The molecule has 0 saturated carbocycles. The predicted molar refractivity (Wildman–Crippen MR) is 73.7 cm³/mol. The third kappa shape index (κ3) is 4.84. The smallest absolute Gasteiger partial charge is 0.410 e. The fraction of sp³-hybridized carbons (Fsp3) is 0.929. The number of amides is 1. The zero-order valence-electron chi connectivity index (χ0n) is 12.7. The number of hydrogen-bond acceptors (Lipinski definition) is 3. The van der Waals surface area contributed by atoms with E-state index in [1.807, 2.05) is 27.8 Å². The molecule has 0 spiro atoms. The van der Waals surface area contributed by atoms with Gasteiger partial charge in [-0.15, -0.1) is 0 Å². The molecule has 4 heteroatoms. The van der Waals surface area contributed by atoms with Crippen molar-refractivity contribution in [2.75, 3.05) is 26.7 Å². The lowest BCUT2D eigenvalue weighted by Gasteiger charge is -2.26. The van der Waals surface area contributed by atoms with Gasteiger partial charge in [-0.25, -0.2) is 4.79 Å². The van der Waals surface area contributed by atoms with Crippen molar-refractivity contribution in [3.8, 4) is 0 Å². The van der Waals surface area contributed by atoms with Crippen molar-refractivity contribution in [1.29, 1.82) is 0 Å². The van der Waals surface area contributed by atoms with Gasteiger partial charge < -0.3 is 14.5 Å². The van der Waals surface area contributed by atoms with Crippen LogP contribution in [0.5, 0.6) is 0 Å². The molecule has 1 aliphatic rings. The average Bonchev–Trinajstić information content (AvgIpc) is 2.63. The number of carbonyl (C=O) groups is 1. The summed E-state index contributed by atoms with van der Waals surface area (Å²) in [6, 6.07) is 0.599. The van der Waals surface area contributed by atoms with E-state index in [9.17, 15) is 4.79 Å². The first-order valence-electron chi connectivity index (χ1n) is 6.87. The molecule has 1 amide bonds. The molecule has 0 N–H and O–H groups in total. The van der Waals surface area contributed by atoms with E-state index in [1.54, 1.807) is 4.90 Å². The van der Waals surface area contributed by atoms with Crippen LogP contribution in [0.15, 0.2) is 0 Å². The normalized spacial score (nSPS) is 21.4. The van der Waals surface area contributed by atoms with Crippen LogP contribution in [-0.4, -0.2) is 54.2 Å². The predicted octanol–water partition coefficient (Wildman–Crippen LogP) is 2.58. The summed E-state index contributed by atoms with van der Waals surface area (Å²) in [6.45, 7) is 13.2. The lowest BCUT2D eigenvalue weighted by atomic mass is 10.1. The molecule has 1 saturated heterocycles. The summed E-state index contributed by atoms with van der Waals surface area (Å²) in [5.41, 5.74) is -0.412. The monoisotopic (exact) mass is 256 g/mol. The molecule has 4 nitrogen and oxygen atoms in total. The number of hydrogen-bond donors (Lipinski definition) is 0. The van der Waals surface area contributed by atoms with Gasteiger partial charge in [0, 0.05) is 26.2 Å². The van der Waals surface area contributed by atoms with Crippen LogP contribution in [0.4, 0.5) is 4.79 Å². The summed E-state index contributed by atoms with van der Waals surface area (Å²) in [7, 11) is 1.83. The second-order valence-electron chi connectivity index (χ2n) is 6.60. The first kappa shape index (κ1) is 15.3. The van der Waals surface area contributed by atoms with E-state index >= 15 is 0 Å². The van der Waals surface area contributed by atoms with Gasteiger partial charge in [0.05, 0.1) is 0 Å². The first-order valence-corrected chi connectivity index (χ1v) is 6.87. The lowest BCUT2D eigenvalue weighted by molar-refractivity contribution is 0.0274. The van der Waals surface area contributed by atoms with Gasteiger partial charge in [0.25, 0.3) is 0 Å². The Kier molecular flexibility index (Phi) is 5.02. The van der Waals surface area contributed by atoms with E-state index in [-0.39, 0.29) is 6.09 Å². The van der Waals surface area contributed by atoms with Gasteiger partial charge >= 0.3 is 6.09 Å². The standard InChI is InChI=1S/C14H28N2O2/c1-11(2)16-8-7-12(10-16)9-15(6)13(17)18-14(3,4)5/h11-12H,7-10H2,1-6H3. The highest BCUT2D eigenvalue weighted by Crippen LogP contribution is 2.20. The quantitative estimate of drug-likeness (QED) is 0.778. The molecule has 18 heavy (non-hydrogen) atoms. The van der Waals surface area contributed by atoms with Gasteiger partial charge in [-0.3, -0.25) is 0 Å². The van der Waals surface area contributed by atoms with Crippen LogP contribution >= 0.6 is 0 Å². The summed E-state index contributed by atoms with van der Waals surface area (Å²) in [5, 5.41) is 0. The Balaban J connectivity index is 2.37. The second-order valence-corrected chi connectivity index (χ2v) is 6.60. The maximum Gasteiger partial charge on any atom is 0.410 e. The first-order chi connectivity index (χ1) is 8.19. The van der Waals surface area contributed by atoms with E-state index in [2.05, 4.69) is 18.7 Å². The van der Waals surface area contributed by atoms with Crippen LogP contribution < -0.4 is 0 Å². The number of rotatable bonds is 3.